The second kappa shape index (κ2) is 12.1. The summed E-state index contributed by atoms with van der Waals surface area (Å²) in [7, 11) is -7.33. The molecule has 3 aromatic rings. The maximum Gasteiger partial charge on any atom is 0.337 e. The van der Waals surface area contributed by atoms with Gasteiger partial charge in [-0.1, -0.05) is 42.5 Å². The van der Waals surface area contributed by atoms with Gasteiger partial charge in [-0.05, 0) is 34.0 Å². The van der Waals surface area contributed by atoms with Crippen molar-refractivity contribution in [3.63, 3.8) is 0 Å². The van der Waals surface area contributed by atoms with Gasteiger partial charge in [0.15, 0.2) is 5.96 Å². The van der Waals surface area contributed by atoms with E-state index >= 15 is 0 Å². The van der Waals surface area contributed by atoms with Crippen LogP contribution >= 0.6 is 0 Å². The predicted molar refractivity (Wildman–Crippen MR) is 138 cm³/mol. The van der Waals surface area contributed by atoms with Crippen LogP contribution in [0.2, 0.25) is 0 Å². The molecule has 3 rings (SSSR count). The highest BCUT2D eigenvalue weighted by Crippen LogP contribution is 2.35. The Labute approximate surface area is 207 Å². The number of guanidine groups is 1. The molecule has 0 heterocycles. The molecule has 0 saturated heterocycles. The van der Waals surface area contributed by atoms with Gasteiger partial charge in [0.25, 0.3) is 20.2 Å². The van der Waals surface area contributed by atoms with Crippen molar-refractivity contribution >= 4 is 54.5 Å². The Morgan fingerprint density at radius 3 is 1.83 bits per heavy atom. The van der Waals surface area contributed by atoms with Crippen LogP contribution in [-0.4, -0.2) is 61.3 Å². The van der Waals surface area contributed by atoms with Gasteiger partial charge < -0.3 is 21.9 Å². The molecule has 194 valence electrons. The number of benzene rings is 3. The molecule has 0 aliphatic heterocycles. The SMILES string of the molecule is CS(=O)(=O)O.CS(=O)(=O)O.N=C(N)Nc1cc(C(=N)N)c(C(=O)O)c(-c2cccc3ccccc23)c1. The van der Waals surface area contributed by atoms with Crippen molar-refractivity contribution in [2.45, 2.75) is 0 Å². The molecule has 0 spiro atoms. The van der Waals surface area contributed by atoms with Gasteiger partial charge in [-0.2, -0.15) is 16.8 Å². The van der Waals surface area contributed by atoms with Crippen molar-refractivity contribution in [3.05, 3.63) is 65.7 Å². The lowest BCUT2D eigenvalue weighted by molar-refractivity contribution is 0.0697. The Bertz CT molecular complexity index is 1470. The maximum atomic E-state index is 12.0. The minimum absolute atomic E-state index is 0.0617. The molecule has 10 N–H and O–H groups in total. The second-order valence-electron chi connectivity index (χ2n) is 7.20. The third kappa shape index (κ3) is 10.5. The van der Waals surface area contributed by atoms with Gasteiger partial charge in [0.2, 0.25) is 0 Å². The molecule has 0 amide bonds. The number of carboxylic acids is 1. The van der Waals surface area contributed by atoms with Gasteiger partial charge in [-0.3, -0.25) is 19.9 Å². The molecule has 13 nitrogen and oxygen atoms in total. The van der Waals surface area contributed by atoms with Crippen LogP contribution in [0.25, 0.3) is 21.9 Å². The zero-order chi connectivity index (χ0) is 27.8. The number of aromatic carboxylic acids is 1. The highest BCUT2D eigenvalue weighted by atomic mass is 32.2. The van der Waals surface area contributed by atoms with Crippen LogP contribution in [0.1, 0.15) is 15.9 Å². The molecule has 3 aromatic carbocycles. The molecule has 15 heteroatoms. The zero-order valence-electron chi connectivity index (χ0n) is 19.1. The van der Waals surface area contributed by atoms with E-state index in [1.165, 1.54) is 6.07 Å². The van der Waals surface area contributed by atoms with Crippen LogP contribution in [0, 0.1) is 10.8 Å². The summed E-state index contributed by atoms with van der Waals surface area (Å²) in [6, 6.07) is 16.2. The quantitative estimate of drug-likeness (QED) is 0.135. The van der Waals surface area contributed by atoms with E-state index in [1.54, 1.807) is 6.07 Å². The van der Waals surface area contributed by atoms with E-state index in [4.69, 9.17) is 31.4 Å². The first-order valence-electron chi connectivity index (χ1n) is 9.58. The minimum atomic E-state index is -3.67. The predicted octanol–water partition coefficient (Wildman–Crippen LogP) is 1.80. The van der Waals surface area contributed by atoms with E-state index in [2.05, 4.69) is 5.32 Å². The standard InChI is InChI=1S/C19H17N5O2.2CH4O3S/c20-17(21)15-9-11(24-19(22)23)8-14(16(15)18(25)26)13-7-3-5-10-4-1-2-6-12(10)13;2*1-5(2,3)4/h1-9H,(H3,20,21)(H,25,26)(H4,22,23,24);2*1H3,(H,2,3,4). The Kier molecular flexibility index (Phi) is 10.1. The molecule has 36 heavy (non-hydrogen) atoms. The van der Waals surface area contributed by atoms with E-state index in [9.17, 15) is 26.7 Å². The molecule has 0 fully saturated rings. The monoisotopic (exact) mass is 539 g/mol. The summed E-state index contributed by atoms with van der Waals surface area (Å²) in [5.74, 6) is -1.87. The number of fused-ring (bicyclic) bond motifs is 1. The molecular weight excluding hydrogens is 514 g/mol. The van der Waals surface area contributed by atoms with Crippen molar-refractivity contribution in [2.75, 3.05) is 17.8 Å². The second-order valence-corrected chi connectivity index (χ2v) is 10.1. The van der Waals surface area contributed by atoms with Gasteiger partial charge >= 0.3 is 5.97 Å². The molecular formula is C21H25N5O8S2. The number of hydrogen-bond acceptors (Lipinski definition) is 7. The summed E-state index contributed by atoms with van der Waals surface area (Å²) in [5, 5.41) is 29.4. The van der Waals surface area contributed by atoms with E-state index in [0.717, 1.165) is 10.8 Å². The van der Waals surface area contributed by atoms with Crippen molar-refractivity contribution in [3.8, 4) is 11.1 Å². The highest BCUT2D eigenvalue weighted by molar-refractivity contribution is 7.85. The van der Waals surface area contributed by atoms with Crippen molar-refractivity contribution in [1.82, 2.24) is 0 Å². The lowest BCUT2D eigenvalue weighted by atomic mass is 9.91. The molecule has 0 unspecified atom stereocenters. The van der Waals surface area contributed by atoms with Gasteiger partial charge in [0.05, 0.1) is 18.1 Å². The van der Waals surface area contributed by atoms with E-state index < -0.39 is 26.2 Å². The van der Waals surface area contributed by atoms with Crippen LogP contribution in [0.5, 0.6) is 0 Å². The summed E-state index contributed by atoms with van der Waals surface area (Å²) in [6.07, 6.45) is 1.43. The van der Waals surface area contributed by atoms with Crippen LogP contribution in [0.3, 0.4) is 0 Å². The first-order valence-corrected chi connectivity index (χ1v) is 13.3. The van der Waals surface area contributed by atoms with Crippen molar-refractivity contribution in [1.29, 1.82) is 10.8 Å². The molecule has 0 saturated carbocycles. The van der Waals surface area contributed by atoms with Crippen LogP contribution in [-0.2, 0) is 20.2 Å². The molecule has 0 atom stereocenters. The highest BCUT2D eigenvalue weighted by Gasteiger charge is 2.21. The average molecular weight is 540 g/mol. The fraction of sp³-hybridized carbons (Fsp3) is 0.0952. The van der Waals surface area contributed by atoms with Crippen LogP contribution in [0.15, 0.2) is 54.6 Å². The Morgan fingerprint density at radius 1 is 0.861 bits per heavy atom. The largest absolute Gasteiger partial charge is 0.478 e. The first kappa shape index (κ1) is 30.0. The number of amidine groups is 1. The van der Waals surface area contributed by atoms with Crippen molar-refractivity contribution < 1.29 is 35.8 Å². The van der Waals surface area contributed by atoms with E-state index in [-0.39, 0.29) is 22.9 Å². The maximum absolute atomic E-state index is 12.0. The molecule has 0 aliphatic rings. The van der Waals surface area contributed by atoms with Crippen molar-refractivity contribution in [2.24, 2.45) is 11.5 Å². The summed E-state index contributed by atoms with van der Waals surface area (Å²) >= 11 is 0. The number of hydrogen-bond donors (Lipinski definition) is 8. The van der Waals surface area contributed by atoms with Gasteiger partial charge in [-0.25, -0.2) is 4.79 Å². The average Bonchev–Trinajstić information content (AvgIpc) is 2.69. The Balaban J connectivity index is 0.000000550. The molecule has 0 aromatic heterocycles. The molecule has 0 aliphatic carbocycles. The van der Waals surface area contributed by atoms with Crippen LogP contribution < -0.4 is 16.8 Å². The molecule has 0 bridgehead atoms. The Morgan fingerprint density at radius 2 is 1.36 bits per heavy atom. The molecule has 0 radical (unpaired) electrons. The number of nitrogens with one attached hydrogen (secondary N) is 3. The fourth-order valence-electron chi connectivity index (χ4n) is 2.99. The third-order valence-electron chi connectivity index (χ3n) is 4.00. The summed E-state index contributed by atoms with van der Waals surface area (Å²) in [5.41, 5.74) is 12.5. The summed E-state index contributed by atoms with van der Waals surface area (Å²) in [4.78, 5) is 12.0. The Hall–Kier alpha value is -4.05. The topological polar surface area (TPSA) is 258 Å². The first-order chi connectivity index (χ1) is 16.4. The lowest BCUT2D eigenvalue weighted by Gasteiger charge is -2.16. The minimum Gasteiger partial charge on any atom is -0.478 e. The smallest absolute Gasteiger partial charge is 0.337 e. The van der Waals surface area contributed by atoms with Crippen LogP contribution in [0.4, 0.5) is 5.69 Å². The zero-order valence-corrected chi connectivity index (χ0v) is 20.7. The number of nitrogens with two attached hydrogens (primary N) is 2. The van der Waals surface area contributed by atoms with Gasteiger partial charge in [0, 0.05) is 11.3 Å². The van der Waals surface area contributed by atoms with E-state index in [1.807, 2.05) is 42.5 Å². The fourth-order valence-corrected chi connectivity index (χ4v) is 2.99. The van der Waals surface area contributed by atoms with Gasteiger partial charge in [-0.15, -0.1) is 0 Å². The lowest BCUT2D eigenvalue weighted by Crippen LogP contribution is -2.22. The normalized spacial score (nSPS) is 10.8. The summed E-state index contributed by atoms with van der Waals surface area (Å²) in [6.45, 7) is 0. The number of rotatable bonds is 4. The number of carboxylic acid groups (broad SMARTS) is 1. The number of carbonyl (C=O) groups is 1. The summed E-state index contributed by atoms with van der Waals surface area (Å²) < 4.78 is 51.7. The number of anilines is 1. The third-order valence-corrected chi connectivity index (χ3v) is 4.00. The van der Waals surface area contributed by atoms with E-state index in [0.29, 0.717) is 29.3 Å². The van der Waals surface area contributed by atoms with Gasteiger partial charge in [0.1, 0.15) is 5.84 Å². The number of nitrogen functional groups attached to an aromatic ring is 1.